The van der Waals surface area contributed by atoms with Gasteiger partial charge in [0.1, 0.15) is 5.60 Å². The highest BCUT2D eigenvalue weighted by atomic mass is 32.2. The molecule has 20 heavy (non-hydrogen) atoms. The van der Waals surface area contributed by atoms with Crippen molar-refractivity contribution in [3.8, 4) is 0 Å². The molecule has 2 rings (SSSR count). The highest BCUT2D eigenvalue weighted by Gasteiger charge is 2.45. The molecule has 2 saturated heterocycles. The normalized spacial score (nSPS) is 24.9. The Hall–Kier alpha value is -0.860. The first-order chi connectivity index (χ1) is 9.22. The Morgan fingerprint density at radius 1 is 1.20 bits per heavy atom. The van der Waals surface area contributed by atoms with Gasteiger partial charge >= 0.3 is 16.3 Å². The van der Waals surface area contributed by atoms with Gasteiger partial charge in [-0.05, 0) is 46.7 Å². The average molecular weight is 305 g/mol. The summed E-state index contributed by atoms with van der Waals surface area (Å²) in [5.41, 5.74) is -0.700. The van der Waals surface area contributed by atoms with Gasteiger partial charge < -0.3 is 10.1 Å². The van der Waals surface area contributed by atoms with Crippen molar-refractivity contribution in [2.24, 2.45) is 0 Å². The van der Waals surface area contributed by atoms with E-state index in [1.165, 1.54) is 4.31 Å². The van der Waals surface area contributed by atoms with Crippen LogP contribution >= 0.6 is 0 Å². The molecule has 0 aromatic rings. The summed E-state index contributed by atoms with van der Waals surface area (Å²) < 4.78 is 32.4. The van der Waals surface area contributed by atoms with Gasteiger partial charge in [-0.25, -0.2) is 4.79 Å². The first-order valence-electron chi connectivity index (χ1n) is 6.95. The van der Waals surface area contributed by atoms with E-state index in [4.69, 9.17) is 4.74 Å². The summed E-state index contributed by atoms with van der Waals surface area (Å²) in [7, 11) is -3.73. The minimum atomic E-state index is -3.73. The Labute approximate surface area is 120 Å². The zero-order valence-electron chi connectivity index (χ0n) is 12.3. The first kappa shape index (κ1) is 15.5. The average Bonchev–Trinajstić information content (AvgIpc) is 2.63. The maximum absolute atomic E-state index is 12.5. The van der Waals surface area contributed by atoms with Crippen molar-refractivity contribution in [1.82, 2.24) is 13.9 Å². The number of nitrogens with zero attached hydrogens (tertiary/aromatic N) is 2. The molecule has 0 saturated carbocycles. The minimum absolute atomic E-state index is 0.0197. The monoisotopic (exact) mass is 305 g/mol. The van der Waals surface area contributed by atoms with Crippen molar-refractivity contribution in [3.05, 3.63) is 0 Å². The maximum Gasteiger partial charge on any atom is 0.425 e. The molecule has 1 N–H and O–H groups in total. The summed E-state index contributed by atoms with van der Waals surface area (Å²) >= 11 is 0. The van der Waals surface area contributed by atoms with Gasteiger partial charge in [0.2, 0.25) is 0 Å². The lowest BCUT2D eigenvalue weighted by molar-refractivity contribution is 0.0405. The predicted molar refractivity (Wildman–Crippen MR) is 74.5 cm³/mol. The number of amides is 1. The summed E-state index contributed by atoms with van der Waals surface area (Å²) in [4.78, 5) is 12.0. The van der Waals surface area contributed by atoms with Crippen molar-refractivity contribution < 1.29 is 17.9 Å². The van der Waals surface area contributed by atoms with Crippen molar-refractivity contribution in [2.45, 2.75) is 45.3 Å². The van der Waals surface area contributed by atoms with Crippen LogP contribution in [0.4, 0.5) is 4.79 Å². The lowest BCUT2D eigenvalue weighted by Crippen LogP contribution is -2.46. The van der Waals surface area contributed by atoms with Gasteiger partial charge in [-0.2, -0.15) is 17.0 Å². The van der Waals surface area contributed by atoms with Crippen molar-refractivity contribution >= 4 is 16.3 Å². The van der Waals surface area contributed by atoms with Crippen molar-refractivity contribution in [2.75, 3.05) is 26.2 Å². The Bertz CT molecular complexity index is 466. The molecule has 2 aliphatic rings. The van der Waals surface area contributed by atoms with E-state index in [0.717, 1.165) is 30.2 Å². The Kier molecular flexibility index (Phi) is 4.27. The van der Waals surface area contributed by atoms with Crippen LogP contribution < -0.4 is 5.32 Å². The van der Waals surface area contributed by atoms with Crippen molar-refractivity contribution in [1.29, 1.82) is 0 Å². The summed E-state index contributed by atoms with van der Waals surface area (Å²) in [5.74, 6) is 0. The minimum Gasteiger partial charge on any atom is -0.443 e. The van der Waals surface area contributed by atoms with Crippen molar-refractivity contribution in [3.63, 3.8) is 0 Å². The van der Waals surface area contributed by atoms with E-state index >= 15 is 0 Å². The molecule has 0 unspecified atom stereocenters. The summed E-state index contributed by atoms with van der Waals surface area (Å²) in [6, 6.07) is -0.0197. The number of hydrogen-bond acceptors (Lipinski definition) is 5. The molecular formula is C12H23N3O4S. The molecule has 0 spiro atoms. The Morgan fingerprint density at radius 2 is 1.80 bits per heavy atom. The second-order valence-corrected chi connectivity index (χ2v) is 7.96. The zero-order chi connectivity index (χ0) is 15.0. The number of ether oxygens (including phenoxy) is 1. The van der Waals surface area contributed by atoms with E-state index in [9.17, 15) is 13.2 Å². The zero-order valence-corrected chi connectivity index (χ0v) is 13.1. The molecule has 2 aliphatic heterocycles. The van der Waals surface area contributed by atoms with E-state index in [-0.39, 0.29) is 12.6 Å². The van der Waals surface area contributed by atoms with Crippen LogP contribution in [0, 0.1) is 0 Å². The van der Waals surface area contributed by atoms with E-state index in [0.29, 0.717) is 6.54 Å². The Balaban J connectivity index is 2.09. The van der Waals surface area contributed by atoms with Crippen LogP contribution in [-0.4, -0.2) is 60.9 Å². The molecule has 2 heterocycles. The third-order valence-corrected chi connectivity index (χ3v) is 5.37. The van der Waals surface area contributed by atoms with Gasteiger partial charge in [-0.3, -0.25) is 0 Å². The lowest BCUT2D eigenvalue weighted by atomic mass is 10.1. The van der Waals surface area contributed by atoms with Gasteiger partial charge in [0.05, 0.1) is 6.54 Å². The molecule has 0 bridgehead atoms. The number of rotatable bonds is 1. The Morgan fingerprint density at radius 3 is 2.35 bits per heavy atom. The fourth-order valence-corrected chi connectivity index (χ4v) is 4.20. The molecular weight excluding hydrogens is 282 g/mol. The van der Waals surface area contributed by atoms with E-state index < -0.39 is 21.9 Å². The van der Waals surface area contributed by atoms with Crippen LogP contribution in [0.2, 0.25) is 0 Å². The highest BCUT2D eigenvalue weighted by Crippen LogP contribution is 2.25. The molecule has 0 aromatic carbocycles. The highest BCUT2D eigenvalue weighted by molar-refractivity contribution is 7.87. The van der Waals surface area contributed by atoms with E-state index in [1.807, 2.05) is 0 Å². The number of piperidine rings is 1. The molecule has 116 valence electrons. The van der Waals surface area contributed by atoms with Crippen LogP contribution in [-0.2, 0) is 14.9 Å². The molecule has 8 heteroatoms. The van der Waals surface area contributed by atoms with E-state index in [2.05, 4.69) is 5.32 Å². The van der Waals surface area contributed by atoms with E-state index in [1.54, 1.807) is 20.8 Å². The SMILES string of the molecule is CC(C)(C)OC(=O)N1CCN(C2CCNCC2)S1(=O)=O. The second kappa shape index (κ2) is 5.50. The summed E-state index contributed by atoms with van der Waals surface area (Å²) in [6.07, 6.45) is 0.775. The molecule has 0 radical (unpaired) electrons. The predicted octanol–water partition coefficient (Wildman–Crippen LogP) is 0.536. The van der Waals surface area contributed by atoms with Crippen LogP contribution in [0.3, 0.4) is 0 Å². The smallest absolute Gasteiger partial charge is 0.425 e. The lowest BCUT2D eigenvalue weighted by Gasteiger charge is -2.30. The molecule has 0 atom stereocenters. The van der Waals surface area contributed by atoms with Gasteiger partial charge in [0, 0.05) is 12.6 Å². The third-order valence-electron chi connectivity index (χ3n) is 3.41. The molecule has 7 nitrogen and oxygen atoms in total. The van der Waals surface area contributed by atoms with Gasteiger partial charge in [0.25, 0.3) is 0 Å². The molecule has 2 fully saturated rings. The van der Waals surface area contributed by atoms with Crippen LogP contribution in [0.25, 0.3) is 0 Å². The fraction of sp³-hybridized carbons (Fsp3) is 0.917. The number of nitrogens with one attached hydrogen (secondary N) is 1. The maximum atomic E-state index is 12.5. The standard InChI is InChI=1S/C12H23N3O4S/c1-12(2,3)19-11(16)15-9-8-14(20(15,17)18)10-4-6-13-7-5-10/h10,13H,4-9H2,1-3H3. The van der Waals surface area contributed by atoms with Crippen LogP contribution in [0.1, 0.15) is 33.6 Å². The fourth-order valence-electron chi connectivity index (χ4n) is 2.51. The quantitative estimate of drug-likeness (QED) is 0.765. The third kappa shape index (κ3) is 3.24. The molecule has 1 amide bonds. The molecule has 0 aliphatic carbocycles. The summed E-state index contributed by atoms with van der Waals surface area (Å²) in [5, 5.41) is 3.20. The second-order valence-electron chi connectivity index (χ2n) is 6.15. The summed E-state index contributed by atoms with van der Waals surface area (Å²) in [6.45, 7) is 7.30. The largest absolute Gasteiger partial charge is 0.443 e. The first-order valence-corrected chi connectivity index (χ1v) is 8.35. The van der Waals surface area contributed by atoms with Crippen LogP contribution in [0.5, 0.6) is 0 Å². The van der Waals surface area contributed by atoms with Gasteiger partial charge in [-0.15, -0.1) is 0 Å². The van der Waals surface area contributed by atoms with Crippen LogP contribution in [0.15, 0.2) is 0 Å². The van der Waals surface area contributed by atoms with Gasteiger partial charge in [-0.1, -0.05) is 0 Å². The van der Waals surface area contributed by atoms with Gasteiger partial charge in [0.15, 0.2) is 0 Å². The number of hydrogen-bond donors (Lipinski definition) is 1. The number of carbonyl (C=O) groups excluding carboxylic acids is 1. The topological polar surface area (TPSA) is 79.0 Å². The number of carbonyl (C=O) groups is 1. The molecule has 0 aromatic heterocycles.